The van der Waals surface area contributed by atoms with Crippen LogP contribution in [-0.4, -0.2) is 89.7 Å². The number of fused-ring (bicyclic) bond motifs is 6. The van der Waals surface area contributed by atoms with E-state index in [1.165, 1.54) is 41.1 Å². The lowest BCUT2D eigenvalue weighted by Gasteiger charge is -2.15. The van der Waals surface area contributed by atoms with Crippen molar-refractivity contribution in [2.75, 3.05) is 5.32 Å². The molecule has 4 aliphatic heterocycles. The number of aromatic nitrogens is 13. The largest absolute Gasteiger partial charge is 0.340 e. The second kappa shape index (κ2) is 26.0. The maximum Gasteiger partial charge on any atom is 0.222 e. The molecule has 22 heteroatoms. The Balaban J connectivity index is 0.000000121. The first-order chi connectivity index (χ1) is 44.2. The van der Waals surface area contributed by atoms with Gasteiger partial charge in [-0.1, -0.05) is 47.5 Å². The SMILES string of the molecule is Cc1ccc2c(Cl)nccc2c1Cc1ncccc1-c1ncnc2c1C=NC2.Cc1ccc2c(Nc3ccc(C#N)cc3)nccc2c1Cc1ncccc1-c1ncnc2c1C=NC2.Clc1ncnc2c1C=NC2.Fc1ncccc1-c1ncnc2c1C=NC2. The first-order valence-corrected chi connectivity index (χ1v) is 29.1. The van der Waals surface area contributed by atoms with Crippen LogP contribution in [0.3, 0.4) is 0 Å². The molecule has 0 radical (unpaired) electrons. The number of hydrogen-bond donors (Lipinski definition) is 1. The van der Waals surface area contributed by atoms with Gasteiger partial charge in [0.15, 0.2) is 0 Å². The summed E-state index contributed by atoms with van der Waals surface area (Å²) in [5, 5.41) is 17.7. The van der Waals surface area contributed by atoms with Gasteiger partial charge < -0.3 is 5.32 Å². The number of benzene rings is 3. The number of rotatable bonds is 9. The lowest BCUT2D eigenvalue weighted by atomic mass is 9.94. The van der Waals surface area contributed by atoms with E-state index < -0.39 is 5.95 Å². The minimum Gasteiger partial charge on any atom is -0.340 e. The Bertz CT molecular complexity index is 4930. The van der Waals surface area contributed by atoms with E-state index in [0.717, 1.165) is 112 Å². The Kier molecular flexibility index (Phi) is 16.7. The van der Waals surface area contributed by atoms with E-state index in [0.29, 0.717) is 66.1 Å². The third-order valence-corrected chi connectivity index (χ3v) is 16.1. The summed E-state index contributed by atoms with van der Waals surface area (Å²) in [7, 11) is 0. The van der Waals surface area contributed by atoms with Gasteiger partial charge in [-0.05, 0) is 120 Å². The smallest absolute Gasteiger partial charge is 0.222 e. The maximum absolute atomic E-state index is 13.5. The number of nitrogens with zero attached hydrogens (tertiary/aromatic N) is 18. The van der Waals surface area contributed by atoms with Gasteiger partial charge in [-0.15, -0.1) is 0 Å². The molecule has 0 aliphatic carbocycles. The summed E-state index contributed by atoms with van der Waals surface area (Å²) in [4.78, 5) is 72.6. The lowest BCUT2D eigenvalue weighted by Crippen LogP contribution is -2.03. The summed E-state index contributed by atoms with van der Waals surface area (Å²) in [5.74, 6) is 0.244. The molecule has 19 nitrogen and oxygen atoms in total. The molecule has 4 aliphatic rings. The fourth-order valence-electron chi connectivity index (χ4n) is 10.9. The highest BCUT2D eigenvalue weighted by Crippen LogP contribution is 2.36. The van der Waals surface area contributed by atoms with Crippen molar-refractivity contribution in [1.29, 1.82) is 5.26 Å². The highest BCUT2D eigenvalue weighted by molar-refractivity contribution is 6.34. The Morgan fingerprint density at radius 3 is 1.41 bits per heavy atom. The second-order valence-electron chi connectivity index (χ2n) is 20.8. The van der Waals surface area contributed by atoms with Crippen LogP contribution in [0, 0.1) is 31.1 Å². The molecule has 16 rings (SSSR count). The van der Waals surface area contributed by atoms with E-state index in [9.17, 15) is 4.39 Å². The summed E-state index contributed by atoms with van der Waals surface area (Å²) in [6, 6.07) is 33.3. The van der Waals surface area contributed by atoms with E-state index in [1.807, 2.05) is 67.4 Å². The van der Waals surface area contributed by atoms with E-state index >= 15 is 0 Å². The minimum atomic E-state index is -0.524. The van der Waals surface area contributed by atoms with Crippen LogP contribution in [0.15, 0.2) is 173 Å². The molecule has 0 spiro atoms. The highest BCUT2D eigenvalue weighted by Gasteiger charge is 2.23. The van der Waals surface area contributed by atoms with Crippen LogP contribution < -0.4 is 5.32 Å². The molecule has 0 amide bonds. The minimum absolute atomic E-state index is 0.384. The molecule has 0 atom stereocenters. The molecular weight excluding hydrogens is 1170 g/mol. The Hall–Kier alpha value is -11.3. The average molecular weight is 1220 g/mol. The van der Waals surface area contributed by atoms with Crippen molar-refractivity contribution in [1.82, 2.24) is 64.8 Å². The number of aliphatic imine (C=N–C) groups is 4. The van der Waals surface area contributed by atoms with Crippen LogP contribution in [0.25, 0.3) is 55.3 Å². The molecule has 90 heavy (non-hydrogen) atoms. The van der Waals surface area contributed by atoms with Gasteiger partial charge >= 0.3 is 0 Å². The third-order valence-electron chi connectivity index (χ3n) is 15.5. The summed E-state index contributed by atoms with van der Waals surface area (Å²) in [6.45, 7) is 6.60. The van der Waals surface area contributed by atoms with E-state index in [2.05, 4.69) is 136 Å². The molecule has 0 saturated heterocycles. The lowest BCUT2D eigenvalue weighted by molar-refractivity contribution is 0.587. The Morgan fingerprint density at radius 2 is 0.889 bits per heavy atom. The Morgan fingerprint density at radius 1 is 0.433 bits per heavy atom. The van der Waals surface area contributed by atoms with E-state index in [4.69, 9.17) is 38.4 Å². The van der Waals surface area contributed by atoms with Crippen molar-refractivity contribution in [2.45, 2.75) is 52.9 Å². The maximum atomic E-state index is 13.5. The first kappa shape index (κ1) is 57.8. The van der Waals surface area contributed by atoms with Gasteiger partial charge in [0.2, 0.25) is 5.95 Å². The number of halogens is 3. The molecule has 0 saturated carbocycles. The highest BCUT2D eigenvalue weighted by atomic mass is 35.5. The number of hydrogen-bond acceptors (Lipinski definition) is 19. The molecular formula is C68H48Cl2FN19. The third kappa shape index (κ3) is 12.0. The van der Waals surface area contributed by atoms with Crippen LogP contribution in [-0.2, 0) is 39.0 Å². The average Bonchev–Trinajstić information content (AvgIpc) is 1.80. The molecule has 3 aromatic carbocycles. The zero-order chi connectivity index (χ0) is 61.5. The van der Waals surface area contributed by atoms with E-state index in [-0.39, 0.29) is 0 Å². The quantitative estimate of drug-likeness (QED) is 0.104. The fourth-order valence-corrected chi connectivity index (χ4v) is 11.3. The summed E-state index contributed by atoms with van der Waals surface area (Å²) < 4.78 is 13.5. The van der Waals surface area contributed by atoms with Crippen LogP contribution >= 0.6 is 23.2 Å². The second-order valence-corrected chi connectivity index (χ2v) is 21.5. The van der Waals surface area contributed by atoms with E-state index in [1.54, 1.807) is 55.5 Å². The Labute approximate surface area is 524 Å². The van der Waals surface area contributed by atoms with Crippen LogP contribution in [0.2, 0.25) is 10.3 Å². The normalized spacial score (nSPS) is 12.4. The molecule has 0 fully saturated rings. The van der Waals surface area contributed by atoms with Gasteiger partial charge in [0.05, 0.1) is 100 Å². The molecule has 436 valence electrons. The van der Waals surface area contributed by atoms with Crippen molar-refractivity contribution in [3.63, 3.8) is 0 Å². The standard InChI is InChI=1S/C29H21N7.C22H16ClN5.C11H7FN4.C6H4ClN3/c1-18-4-9-22-21(10-12-33-29(22)36-20-7-5-19(14-30)6-8-20)24(18)13-26-23(3-2-11-32-26)28-25-15-31-16-27(25)34-17-35-28;1-13-4-5-15-14(6-8-26-22(15)23)17(13)9-19-16(3-2-7-25-19)21-18-10-24-11-20(18)27-12-28-21;12-11-7(2-1-3-14-11)10-8-4-13-5-9(8)15-6-16-10;7-6-4-1-8-2-5(4)9-3-10-6/h2-12,15,17H,13,16H2,1H3,(H,33,36);2-8,10,12H,9,11H2,1H3;1-4,6H,5H2;1,3H,2H2. The number of nitriles is 1. The predicted molar refractivity (Wildman–Crippen MR) is 346 cm³/mol. The summed E-state index contributed by atoms with van der Waals surface area (Å²) >= 11 is 12.0. The topological polar surface area (TPSA) is 253 Å². The van der Waals surface area contributed by atoms with Crippen molar-refractivity contribution >= 4 is 81.1 Å². The van der Waals surface area contributed by atoms with Crippen LogP contribution in [0.4, 0.5) is 15.9 Å². The molecule has 0 bridgehead atoms. The zero-order valence-corrected chi connectivity index (χ0v) is 49.7. The van der Waals surface area contributed by atoms with Crippen molar-refractivity contribution in [3.8, 4) is 39.8 Å². The molecule has 0 unspecified atom stereocenters. The number of aryl methyl sites for hydroxylation is 2. The molecule has 13 heterocycles. The van der Waals surface area contributed by atoms with Gasteiger partial charge in [-0.2, -0.15) is 9.65 Å². The zero-order valence-electron chi connectivity index (χ0n) is 48.2. The van der Waals surface area contributed by atoms with Gasteiger partial charge in [-0.3, -0.25) is 29.9 Å². The van der Waals surface area contributed by atoms with Gasteiger partial charge in [0.1, 0.15) is 41.4 Å². The molecule has 12 aromatic rings. The monoisotopic (exact) mass is 1220 g/mol. The van der Waals surface area contributed by atoms with Crippen molar-refractivity contribution in [2.24, 2.45) is 20.0 Å². The number of pyridine rings is 5. The first-order valence-electron chi connectivity index (χ1n) is 28.3. The number of anilines is 2. The van der Waals surface area contributed by atoms with Crippen LogP contribution in [0.1, 0.15) is 84.2 Å². The van der Waals surface area contributed by atoms with Gasteiger partial charge in [0.25, 0.3) is 0 Å². The van der Waals surface area contributed by atoms with Gasteiger partial charge in [0, 0.05) is 113 Å². The van der Waals surface area contributed by atoms with Crippen molar-refractivity contribution < 1.29 is 4.39 Å². The van der Waals surface area contributed by atoms with Gasteiger partial charge in [-0.25, -0.2) is 54.8 Å². The summed E-state index contributed by atoms with van der Waals surface area (Å²) in [5.41, 5.74) is 20.1. The predicted octanol–water partition coefficient (Wildman–Crippen LogP) is 12.8. The van der Waals surface area contributed by atoms with Crippen LogP contribution in [0.5, 0.6) is 0 Å². The molecule has 1 N–H and O–H groups in total. The molecule has 9 aromatic heterocycles. The van der Waals surface area contributed by atoms with Crippen molar-refractivity contribution in [3.05, 3.63) is 254 Å². The fraction of sp³-hybridized carbons (Fsp3) is 0.118. The summed E-state index contributed by atoms with van der Waals surface area (Å²) in [6.07, 6.45) is 23.2. The number of nitrogens with one attached hydrogen (secondary N) is 1.